The molecule has 0 saturated carbocycles. The summed E-state index contributed by atoms with van der Waals surface area (Å²) in [6, 6.07) is 11.2. The van der Waals surface area contributed by atoms with Crippen LogP contribution in [-0.2, 0) is 0 Å². The molecular formula is C19H17N3O2. The highest BCUT2D eigenvalue weighted by molar-refractivity contribution is 6.01. The lowest BCUT2D eigenvalue weighted by molar-refractivity contribution is 0.101. The van der Waals surface area contributed by atoms with Gasteiger partial charge in [-0.2, -0.15) is 0 Å². The predicted octanol–water partition coefficient (Wildman–Crippen LogP) is 3.73. The van der Waals surface area contributed by atoms with E-state index in [0.29, 0.717) is 22.8 Å². The zero-order valence-electron chi connectivity index (χ0n) is 13.8. The standard InChI is InChI=1S/C19H17N3O2/c1-12-17(13(2)23)18(14-4-6-16(24-3)7-5-14)22-19(21-12)15-8-10-20-11-9-15/h4-11H,1-3H3. The van der Waals surface area contributed by atoms with Crippen LogP contribution < -0.4 is 4.74 Å². The number of hydrogen-bond donors (Lipinski definition) is 0. The zero-order chi connectivity index (χ0) is 17.1. The van der Waals surface area contributed by atoms with Gasteiger partial charge in [-0.1, -0.05) is 0 Å². The molecule has 0 spiro atoms. The molecule has 0 fully saturated rings. The van der Waals surface area contributed by atoms with Crippen molar-refractivity contribution < 1.29 is 9.53 Å². The van der Waals surface area contributed by atoms with Crippen molar-refractivity contribution in [2.75, 3.05) is 7.11 Å². The highest BCUT2D eigenvalue weighted by atomic mass is 16.5. The van der Waals surface area contributed by atoms with E-state index in [2.05, 4.69) is 15.0 Å². The molecule has 2 aromatic heterocycles. The molecule has 0 N–H and O–H groups in total. The summed E-state index contributed by atoms with van der Waals surface area (Å²) < 4.78 is 5.19. The van der Waals surface area contributed by atoms with Crippen LogP contribution in [0, 0.1) is 6.92 Å². The van der Waals surface area contributed by atoms with Gasteiger partial charge in [-0.3, -0.25) is 9.78 Å². The number of nitrogens with zero attached hydrogens (tertiary/aromatic N) is 3. The second-order valence-corrected chi connectivity index (χ2v) is 5.38. The van der Waals surface area contributed by atoms with E-state index in [1.807, 2.05) is 43.3 Å². The van der Waals surface area contributed by atoms with E-state index >= 15 is 0 Å². The number of methoxy groups -OCH3 is 1. The Kier molecular flexibility index (Phi) is 4.33. The van der Waals surface area contributed by atoms with E-state index in [9.17, 15) is 4.79 Å². The molecule has 0 radical (unpaired) electrons. The van der Waals surface area contributed by atoms with Gasteiger partial charge >= 0.3 is 0 Å². The smallest absolute Gasteiger partial charge is 0.163 e. The monoisotopic (exact) mass is 319 g/mol. The van der Waals surface area contributed by atoms with E-state index < -0.39 is 0 Å². The van der Waals surface area contributed by atoms with Crippen molar-refractivity contribution >= 4 is 5.78 Å². The highest BCUT2D eigenvalue weighted by Gasteiger charge is 2.17. The van der Waals surface area contributed by atoms with Gasteiger partial charge in [-0.25, -0.2) is 9.97 Å². The first-order valence-electron chi connectivity index (χ1n) is 7.54. The van der Waals surface area contributed by atoms with Gasteiger partial charge in [0.2, 0.25) is 0 Å². The summed E-state index contributed by atoms with van der Waals surface area (Å²) in [6.45, 7) is 3.36. The zero-order valence-corrected chi connectivity index (χ0v) is 13.8. The fraction of sp³-hybridized carbons (Fsp3) is 0.158. The first-order valence-corrected chi connectivity index (χ1v) is 7.54. The van der Waals surface area contributed by atoms with Gasteiger partial charge in [-0.05, 0) is 50.2 Å². The summed E-state index contributed by atoms with van der Waals surface area (Å²) in [7, 11) is 1.62. The third-order valence-electron chi connectivity index (χ3n) is 3.74. The van der Waals surface area contributed by atoms with Crippen molar-refractivity contribution in [1.29, 1.82) is 0 Å². The molecule has 2 heterocycles. The minimum Gasteiger partial charge on any atom is -0.497 e. The van der Waals surface area contributed by atoms with Gasteiger partial charge in [0.25, 0.3) is 0 Å². The topological polar surface area (TPSA) is 65.0 Å². The Morgan fingerprint density at radius 2 is 1.62 bits per heavy atom. The fourth-order valence-electron chi connectivity index (χ4n) is 2.58. The van der Waals surface area contributed by atoms with Crippen LogP contribution >= 0.6 is 0 Å². The summed E-state index contributed by atoms with van der Waals surface area (Å²) in [5.74, 6) is 1.27. The van der Waals surface area contributed by atoms with Gasteiger partial charge in [0.05, 0.1) is 24.1 Å². The molecule has 0 aliphatic carbocycles. The van der Waals surface area contributed by atoms with E-state index in [-0.39, 0.29) is 5.78 Å². The minimum atomic E-state index is -0.0559. The number of carbonyl (C=O) groups excluding carboxylic acids is 1. The average molecular weight is 319 g/mol. The van der Waals surface area contributed by atoms with Crippen molar-refractivity contribution in [2.24, 2.45) is 0 Å². The Morgan fingerprint density at radius 3 is 2.21 bits per heavy atom. The maximum atomic E-state index is 12.1. The van der Waals surface area contributed by atoms with E-state index in [0.717, 1.165) is 16.9 Å². The maximum Gasteiger partial charge on any atom is 0.163 e. The lowest BCUT2D eigenvalue weighted by Gasteiger charge is -2.12. The van der Waals surface area contributed by atoms with E-state index in [1.165, 1.54) is 6.92 Å². The second kappa shape index (κ2) is 6.58. The normalized spacial score (nSPS) is 10.5. The SMILES string of the molecule is COc1ccc(-c2nc(-c3ccncc3)nc(C)c2C(C)=O)cc1. The summed E-state index contributed by atoms with van der Waals surface area (Å²) in [6.07, 6.45) is 3.39. The van der Waals surface area contributed by atoms with Gasteiger partial charge in [0, 0.05) is 23.5 Å². The van der Waals surface area contributed by atoms with Gasteiger partial charge in [-0.15, -0.1) is 0 Å². The number of Topliss-reactive ketones (excluding diaryl/α,β-unsaturated/α-hetero) is 1. The van der Waals surface area contributed by atoms with Crippen LogP contribution in [0.5, 0.6) is 5.75 Å². The molecule has 5 heteroatoms. The van der Waals surface area contributed by atoms with Crippen molar-refractivity contribution in [2.45, 2.75) is 13.8 Å². The maximum absolute atomic E-state index is 12.1. The number of ether oxygens (including phenoxy) is 1. The molecular weight excluding hydrogens is 302 g/mol. The molecule has 0 aliphatic heterocycles. The molecule has 0 atom stereocenters. The molecule has 0 unspecified atom stereocenters. The third kappa shape index (κ3) is 3.01. The summed E-state index contributed by atoms with van der Waals surface area (Å²) in [4.78, 5) is 25.3. The number of carbonyl (C=O) groups is 1. The molecule has 3 aromatic rings. The van der Waals surface area contributed by atoms with Gasteiger partial charge in [0.1, 0.15) is 5.75 Å². The van der Waals surface area contributed by atoms with Crippen LogP contribution in [0.4, 0.5) is 0 Å². The molecule has 120 valence electrons. The lowest BCUT2D eigenvalue weighted by Crippen LogP contribution is -2.06. The van der Waals surface area contributed by atoms with E-state index in [1.54, 1.807) is 19.5 Å². The van der Waals surface area contributed by atoms with Crippen LogP contribution in [0.3, 0.4) is 0 Å². The Labute approximate surface area is 140 Å². The Bertz CT molecular complexity index is 875. The molecule has 24 heavy (non-hydrogen) atoms. The molecule has 1 aromatic carbocycles. The van der Waals surface area contributed by atoms with Crippen molar-refractivity contribution in [3.05, 3.63) is 60.0 Å². The van der Waals surface area contributed by atoms with Gasteiger partial charge in [0.15, 0.2) is 11.6 Å². The van der Waals surface area contributed by atoms with Crippen LogP contribution in [0.1, 0.15) is 23.0 Å². The van der Waals surface area contributed by atoms with Gasteiger partial charge < -0.3 is 4.74 Å². The summed E-state index contributed by atoms with van der Waals surface area (Å²) in [5.41, 5.74) is 3.54. The number of rotatable bonds is 4. The minimum absolute atomic E-state index is 0.0559. The number of pyridine rings is 1. The van der Waals surface area contributed by atoms with Crippen molar-refractivity contribution in [3.63, 3.8) is 0 Å². The van der Waals surface area contributed by atoms with Crippen LogP contribution in [0.2, 0.25) is 0 Å². The first kappa shape index (κ1) is 15.8. The number of aryl methyl sites for hydroxylation is 1. The number of ketones is 1. The summed E-state index contributed by atoms with van der Waals surface area (Å²) >= 11 is 0. The molecule has 3 rings (SSSR count). The third-order valence-corrected chi connectivity index (χ3v) is 3.74. The summed E-state index contributed by atoms with van der Waals surface area (Å²) in [5, 5.41) is 0. The lowest BCUT2D eigenvalue weighted by atomic mass is 10.0. The molecule has 0 bridgehead atoms. The quantitative estimate of drug-likeness (QED) is 0.686. The first-order chi connectivity index (χ1) is 11.6. The second-order valence-electron chi connectivity index (χ2n) is 5.38. The van der Waals surface area contributed by atoms with Crippen LogP contribution in [0.25, 0.3) is 22.6 Å². The number of aromatic nitrogens is 3. The number of benzene rings is 1. The number of hydrogen-bond acceptors (Lipinski definition) is 5. The molecule has 5 nitrogen and oxygen atoms in total. The average Bonchev–Trinajstić information content (AvgIpc) is 2.61. The predicted molar refractivity (Wildman–Crippen MR) is 92.0 cm³/mol. The fourth-order valence-corrected chi connectivity index (χ4v) is 2.58. The van der Waals surface area contributed by atoms with E-state index in [4.69, 9.17) is 4.74 Å². The Balaban J connectivity index is 2.21. The molecule has 0 amide bonds. The van der Waals surface area contributed by atoms with Crippen LogP contribution in [-0.4, -0.2) is 27.8 Å². The molecule has 0 saturated heterocycles. The molecule has 0 aliphatic rings. The Morgan fingerprint density at radius 1 is 0.958 bits per heavy atom. The van der Waals surface area contributed by atoms with Crippen LogP contribution in [0.15, 0.2) is 48.8 Å². The largest absolute Gasteiger partial charge is 0.497 e. The Hall–Kier alpha value is -3.08. The van der Waals surface area contributed by atoms with Crippen molar-refractivity contribution in [3.8, 4) is 28.4 Å². The highest BCUT2D eigenvalue weighted by Crippen LogP contribution is 2.28. The van der Waals surface area contributed by atoms with Crippen molar-refractivity contribution in [1.82, 2.24) is 15.0 Å².